The fourth-order valence-corrected chi connectivity index (χ4v) is 3.23. The molecule has 2 aliphatic rings. The Labute approximate surface area is 125 Å². The normalized spacial score (nSPS) is 21.0. The van der Waals surface area contributed by atoms with Crippen molar-refractivity contribution < 1.29 is 14.3 Å². The average molecular weight is 289 g/mol. The van der Waals surface area contributed by atoms with E-state index in [1.165, 1.54) is 0 Å². The predicted molar refractivity (Wildman–Crippen MR) is 82.0 cm³/mol. The number of carbonyl (C=O) groups is 1. The van der Waals surface area contributed by atoms with Crippen molar-refractivity contribution in [2.75, 3.05) is 11.9 Å². The van der Waals surface area contributed by atoms with Gasteiger partial charge in [0.2, 0.25) is 5.91 Å². The number of hydrogen-bond donors (Lipinski definition) is 1. The summed E-state index contributed by atoms with van der Waals surface area (Å²) in [5.41, 5.74) is 1.89. The van der Waals surface area contributed by atoms with Gasteiger partial charge in [0.15, 0.2) is 0 Å². The molecule has 4 heteroatoms. The van der Waals surface area contributed by atoms with Crippen molar-refractivity contribution in [3.63, 3.8) is 0 Å². The summed E-state index contributed by atoms with van der Waals surface area (Å²) in [6.07, 6.45) is 5.38. The monoisotopic (exact) mass is 289 g/mol. The number of rotatable bonds is 4. The van der Waals surface area contributed by atoms with E-state index in [4.69, 9.17) is 9.47 Å². The summed E-state index contributed by atoms with van der Waals surface area (Å²) in [5, 5.41) is 3.04. The molecule has 1 saturated carbocycles. The SMILES string of the molecule is CCOc1cc2c(cc1NC(=O)C1CCCC1)O[C@H](C)C2. The Hall–Kier alpha value is -1.71. The molecule has 0 radical (unpaired) electrons. The van der Waals surface area contributed by atoms with Crippen LogP contribution >= 0.6 is 0 Å². The van der Waals surface area contributed by atoms with Gasteiger partial charge in [-0.05, 0) is 32.8 Å². The van der Waals surface area contributed by atoms with E-state index < -0.39 is 0 Å². The van der Waals surface area contributed by atoms with Gasteiger partial charge in [0.25, 0.3) is 0 Å². The molecule has 1 aliphatic heterocycles. The fraction of sp³-hybridized carbons (Fsp3) is 0.588. The van der Waals surface area contributed by atoms with Crippen LogP contribution in [0, 0.1) is 5.92 Å². The molecule has 0 bridgehead atoms. The van der Waals surface area contributed by atoms with Crippen molar-refractivity contribution in [1.29, 1.82) is 0 Å². The first-order chi connectivity index (χ1) is 10.2. The molecule has 1 aliphatic carbocycles. The first-order valence-electron chi connectivity index (χ1n) is 7.94. The van der Waals surface area contributed by atoms with Gasteiger partial charge in [0.1, 0.15) is 17.6 Å². The zero-order valence-corrected chi connectivity index (χ0v) is 12.8. The van der Waals surface area contributed by atoms with Gasteiger partial charge in [-0.15, -0.1) is 0 Å². The molecular formula is C17H23NO3. The van der Waals surface area contributed by atoms with Gasteiger partial charge >= 0.3 is 0 Å². The van der Waals surface area contributed by atoms with E-state index in [2.05, 4.69) is 12.2 Å². The summed E-state index contributed by atoms with van der Waals surface area (Å²) in [6, 6.07) is 3.92. The summed E-state index contributed by atoms with van der Waals surface area (Å²) in [4.78, 5) is 12.3. The number of carbonyl (C=O) groups excluding carboxylic acids is 1. The molecule has 0 spiro atoms. The van der Waals surface area contributed by atoms with Crippen molar-refractivity contribution in [1.82, 2.24) is 0 Å². The smallest absolute Gasteiger partial charge is 0.227 e. The van der Waals surface area contributed by atoms with Crippen LogP contribution in [-0.2, 0) is 11.2 Å². The van der Waals surface area contributed by atoms with Crippen LogP contribution in [0.25, 0.3) is 0 Å². The second-order valence-electron chi connectivity index (χ2n) is 5.99. The molecule has 4 nitrogen and oxygen atoms in total. The number of fused-ring (bicyclic) bond motifs is 1. The lowest BCUT2D eigenvalue weighted by atomic mass is 10.1. The van der Waals surface area contributed by atoms with Crippen molar-refractivity contribution >= 4 is 11.6 Å². The number of benzene rings is 1. The van der Waals surface area contributed by atoms with Crippen LogP contribution in [0.4, 0.5) is 5.69 Å². The van der Waals surface area contributed by atoms with E-state index in [-0.39, 0.29) is 17.9 Å². The molecule has 0 aromatic heterocycles. The maximum Gasteiger partial charge on any atom is 0.227 e. The summed E-state index contributed by atoms with van der Waals surface area (Å²) < 4.78 is 11.5. The van der Waals surface area contributed by atoms with Gasteiger partial charge in [-0.2, -0.15) is 0 Å². The highest BCUT2D eigenvalue weighted by atomic mass is 16.5. The standard InChI is InChI=1S/C17H23NO3/c1-3-20-16-9-13-8-11(2)21-15(13)10-14(16)18-17(19)12-6-4-5-7-12/h9-12H,3-8H2,1-2H3,(H,18,19)/t11-/m1/s1. The van der Waals surface area contributed by atoms with Gasteiger partial charge in [-0.25, -0.2) is 0 Å². The van der Waals surface area contributed by atoms with Gasteiger partial charge in [-0.1, -0.05) is 12.8 Å². The molecule has 1 atom stereocenters. The molecule has 1 amide bonds. The van der Waals surface area contributed by atoms with E-state index in [1.54, 1.807) is 0 Å². The van der Waals surface area contributed by atoms with E-state index in [1.807, 2.05) is 19.1 Å². The van der Waals surface area contributed by atoms with Crippen LogP contribution in [0.15, 0.2) is 12.1 Å². The molecule has 0 unspecified atom stereocenters. The van der Waals surface area contributed by atoms with Crippen LogP contribution in [0.2, 0.25) is 0 Å². The van der Waals surface area contributed by atoms with Crippen molar-refractivity contribution in [2.24, 2.45) is 5.92 Å². The minimum atomic E-state index is 0.111. The first kappa shape index (κ1) is 14.2. The lowest BCUT2D eigenvalue weighted by molar-refractivity contribution is -0.119. The molecule has 114 valence electrons. The van der Waals surface area contributed by atoms with Crippen LogP contribution in [0.3, 0.4) is 0 Å². The molecule has 1 fully saturated rings. The summed E-state index contributed by atoms with van der Waals surface area (Å²) in [6.45, 7) is 4.59. The molecule has 1 heterocycles. The topological polar surface area (TPSA) is 47.6 Å². The van der Waals surface area contributed by atoms with Crippen LogP contribution in [0.5, 0.6) is 11.5 Å². The third-order valence-electron chi connectivity index (χ3n) is 4.28. The van der Waals surface area contributed by atoms with Gasteiger partial charge in [0, 0.05) is 24.0 Å². The van der Waals surface area contributed by atoms with Gasteiger partial charge < -0.3 is 14.8 Å². The predicted octanol–water partition coefficient (Wildman–Crippen LogP) is 3.54. The molecule has 3 rings (SSSR count). The minimum absolute atomic E-state index is 0.111. The molecule has 21 heavy (non-hydrogen) atoms. The van der Waals surface area contributed by atoms with Crippen molar-refractivity contribution in [3.05, 3.63) is 17.7 Å². The van der Waals surface area contributed by atoms with Crippen LogP contribution < -0.4 is 14.8 Å². The summed E-state index contributed by atoms with van der Waals surface area (Å²) >= 11 is 0. The molecule has 1 aromatic carbocycles. The highest BCUT2D eigenvalue weighted by molar-refractivity contribution is 5.94. The molecule has 1 aromatic rings. The first-order valence-corrected chi connectivity index (χ1v) is 7.94. The number of anilines is 1. The maximum absolute atomic E-state index is 12.3. The number of hydrogen-bond acceptors (Lipinski definition) is 3. The van der Waals surface area contributed by atoms with Gasteiger partial charge in [0.05, 0.1) is 12.3 Å². The van der Waals surface area contributed by atoms with Crippen molar-refractivity contribution in [2.45, 2.75) is 52.1 Å². The number of nitrogens with one attached hydrogen (secondary N) is 1. The Balaban J connectivity index is 1.82. The number of amides is 1. The Bertz CT molecular complexity index is 535. The fourth-order valence-electron chi connectivity index (χ4n) is 3.23. The highest BCUT2D eigenvalue weighted by Crippen LogP contribution is 2.38. The van der Waals surface area contributed by atoms with Crippen LogP contribution in [-0.4, -0.2) is 18.6 Å². The molecule has 0 saturated heterocycles. The zero-order valence-electron chi connectivity index (χ0n) is 12.8. The number of ether oxygens (including phenoxy) is 2. The minimum Gasteiger partial charge on any atom is -0.492 e. The van der Waals surface area contributed by atoms with Gasteiger partial charge in [-0.3, -0.25) is 4.79 Å². The highest BCUT2D eigenvalue weighted by Gasteiger charge is 2.26. The Morgan fingerprint density at radius 1 is 1.38 bits per heavy atom. The molecule has 1 N–H and O–H groups in total. The third kappa shape index (κ3) is 2.99. The lowest BCUT2D eigenvalue weighted by Crippen LogP contribution is -2.20. The van der Waals surface area contributed by atoms with Crippen molar-refractivity contribution in [3.8, 4) is 11.5 Å². The summed E-state index contributed by atoms with van der Waals surface area (Å²) in [7, 11) is 0. The second kappa shape index (κ2) is 5.96. The summed E-state index contributed by atoms with van der Waals surface area (Å²) in [5.74, 6) is 1.87. The Morgan fingerprint density at radius 3 is 2.86 bits per heavy atom. The molecular weight excluding hydrogens is 266 g/mol. The third-order valence-corrected chi connectivity index (χ3v) is 4.28. The Morgan fingerprint density at radius 2 is 2.14 bits per heavy atom. The quantitative estimate of drug-likeness (QED) is 0.922. The van der Waals surface area contributed by atoms with E-state index >= 15 is 0 Å². The lowest BCUT2D eigenvalue weighted by Gasteiger charge is -2.15. The van der Waals surface area contributed by atoms with E-state index in [0.29, 0.717) is 6.61 Å². The maximum atomic E-state index is 12.3. The van der Waals surface area contributed by atoms with Crippen LogP contribution in [0.1, 0.15) is 45.1 Å². The second-order valence-corrected chi connectivity index (χ2v) is 5.99. The average Bonchev–Trinajstić information content (AvgIpc) is 3.07. The van der Waals surface area contributed by atoms with E-state index in [0.717, 1.165) is 54.9 Å². The van der Waals surface area contributed by atoms with E-state index in [9.17, 15) is 4.79 Å². The Kier molecular flexibility index (Phi) is 4.04. The zero-order chi connectivity index (χ0) is 14.8. The largest absolute Gasteiger partial charge is 0.492 e.